The molecule has 0 aliphatic heterocycles. The first-order valence-electron chi connectivity index (χ1n) is 5.12. The van der Waals surface area contributed by atoms with Crippen molar-refractivity contribution in [3.05, 3.63) is 57.8 Å². The van der Waals surface area contributed by atoms with Gasteiger partial charge in [-0.3, -0.25) is 0 Å². The molecule has 0 aliphatic rings. The molecule has 0 amide bonds. The maximum atomic E-state index is 13.5. The molecule has 1 N–H and O–H groups in total. The number of nitriles is 1. The van der Waals surface area contributed by atoms with Gasteiger partial charge in [-0.05, 0) is 34.1 Å². The maximum Gasteiger partial charge on any atom is 0.182 e. The van der Waals surface area contributed by atoms with Crippen LogP contribution < -0.4 is 5.32 Å². The number of halogens is 4. The third kappa shape index (κ3) is 2.88. The second-order valence-electron chi connectivity index (χ2n) is 3.68. The number of anilines is 2. The molecule has 0 saturated heterocycles. The Balaban J connectivity index is 2.39. The van der Waals surface area contributed by atoms with Gasteiger partial charge in [0.2, 0.25) is 0 Å². The first-order chi connectivity index (χ1) is 9.01. The summed E-state index contributed by atoms with van der Waals surface area (Å²) in [6, 6.07) is 7.77. The van der Waals surface area contributed by atoms with Gasteiger partial charge in [-0.1, -0.05) is 0 Å². The molecule has 2 nitrogen and oxygen atoms in total. The SMILES string of the molecule is N#Cc1ccc(Nc2cc(F)cc(F)c2F)c(Br)c1. The summed E-state index contributed by atoms with van der Waals surface area (Å²) in [5.74, 6) is -3.32. The predicted octanol–water partition coefficient (Wildman–Crippen LogP) is 4.48. The molecular weight excluding hydrogens is 321 g/mol. The molecule has 2 rings (SSSR count). The van der Waals surface area contributed by atoms with Crippen molar-refractivity contribution in [3.8, 4) is 6.07 Å². The lowest BCUT2D eigenvalue weighted by Gasteiger charge is -2.10. The lowest BCUT2D eigenvalue weighted by atomic mass is 10.2. The Morgan fingerprint density at radius 3 is 2.42 bits per heavy atom. The number of benzene rings is 2. The molecule has 0 aromatic heterocycles. The van der Waals surface area contributed by atoms with Crippen LogP contribution in [0.2, 0.25) is 0 Å². The molecule has 19 heavy (non-hydrogen) atoms. The smallest absolute Gasteiger partial charge is 0.182 e. The third-order valence-electron chi connectivity index (χ3n) is 2.36. The van der Waals surface area contributed by atoms with Crippen LogP contribution in [-0.2, 0) is 0 Å². The summed E-state index contributed by atoms with van der Waals surface area (Å²) in [7, 11) is 0. The van der Waals surface area contributed by atoms with E-state index in [0.29, 0.717) is 21.8 Å². The number of nitrogens with one attached hydrogen (secondary N) is 1. The van der Waals surface area contributed by atoms with Crippen molar-refractivity contribution in [2.45, 2.75) is 0 Å². The van der Waals surface area contributed by atoms with Gasteiger partial charge in [0.1, 0.15) is 5.82 Å². The van der Waals surface area contributed by atoms with E-state index < -0.39 is 17.5 Å². The highest BCUT2D eigenvalue weighted by Crippen LogP contribution is 2.29. The average molecular weight is 327 g/mol. The first kappa shape index (κ1) is 13.4. The van der Waals surface area contributed by atoms with Gasteiger partial charge in [0.05, 0.1) is 23.0 Å². The van der Waals surface area contributed by atoms with Crippen molar-refractivity contribution in [2.24, 2.45) is 0 Å². The van der Waals surface area contributed by atoms with Gasteiger partial charge < -0.3 is 5.32 Å². The van der Waals surface area contributed by atoms with Crippen molar-refractivity contribution in [1.29, 1.82) is 5.26 Å². The number of hydrogen-bond donors (Lipinski definition) is 1. The summed E-state index contributed by atoms with van der Waals surface area (Å²) < 4.78 is 40.0. The van der Waals surface area contributed by atoms with Crippen LogP contribution >= 0.6 is 15.9 Å². The average Bonchev–Trinajstić information content (AvgIpc) is 2.37. The fourth-order valence-corrected chi connectivity index (χ4v) is 1.96. The van der Waals surface area contributed by atoms with Gasteiger partial charge in [-0.25, -0.2) is 13.2 Å². The standard InChI is InChI=1S/C13H6BrF3N2/c14-9-3-7(6-18)1-2-11(9)19-12-5-8(15)4-10(16)13(12)17/h1-5,19H. The molecule has 0 aliphatic carbocycles. The quantitative estimate of drug-likeness (QED) is 0.826. The minimum atomic E-state index is -1.27. The highest BCUT2D eigenvalue weighted by molar-refractivity contribution is 9.10. The molecule has 0 atom stereocenters. The Morgan fingerprint density at radius 1 is 1.05 bits per heavy atom. The largest absolute Gasteiger partial charge is 0.352 e. The van der Waals surface area contributed by atoms with Crippen LogP contribution in [-0.4, -0.2) is 0 Å². The number of hydrogen-bond acceptors (Lipinski definition) is 2. The molecule has 0 fully saturated rings. The molecule has 2 aromatic rings. The minimum Gasteiger partial charge on any atom is -0.352 e. The molecule has 2 aromatic carbocycles. The van der Waals surface area contributed by atoms with Crippen LogP contribution in [0.15, 0.2) is 34.8 Å². The van der Waals surface area contributed by atoms with E-state index in [1.54, 1.807) is 0 Å². The van der Waals surface area contributed by atoms with Crippen molar-refractivity contribution >= 4 is 27.3 Å². The van der Waals surface area contributed by atoms with E-state index in [2.05, 4.69) is 21.2 Å². The Hall–Kier alpha value is -2.00. The molecule has 0 radical (unpaired) electrons. The highest BCUT2D eigenvalue weighted by Gasteiger charge is 2.12. The van der Waals surface area contributed by atoms with E-state index in [4.69, 9.17) is 5.26 Å². The molecule has 0 heterocycles. The third-order valence-corrected chi connectivity index (χ3v) is 3.02. The summed E-state index contributed by atoms with van der Waals surface area (Å²) >= 11 is 3.18. The van der Waals surface area contributed by atoms with Crippen LogP contribution in [0.4, 0.5) is 24.5 Å². The van der Waals surface area contributed by atoms with Crippen molar-refractivity contribution in [1.82, 2.24) is 0 Å². The predicted molar refractivity (Wildman–Crippen MR) is 68.5 cm³/mol. The lowest BCUT2D eigenvalue weighted by Crippen LogP contribution is -1.98. The molecular formula is C13H6BrF3N2. The Kier molecular flexibility index (Phi) is 3.76. The second kappa shape index (κ2) is 5.33. The van der Waals surface area contributed by atoms with Gasteiger partial charge in [0.15, 0.2) is 11.6 Å². The Labute approximate surface area is 115 Å². The van der Waals surface area contributed by atoms with Gasteiger partial charge in [0.25, 0.3) is 0 Å². The van der Waals surface area contributed by atoms with Crippen LogP contribution in [0.25, 0.3) is 0 Å². The van der Waals surface area contributed by atoms with E-state index in [1.807, 2.05) is 6.07 Å². The summed E-state index contributed by atoms with van der Waals surface area (Å²) in [6.07, 6.45) is 0. The van der Waals surface area contributed by atoms with E-state index >= 15 is 0 Å². The van der Waals surface area contributed by atoms with Gasteiger partial charge >= 0.3 is 0 Å². The van der Waals surface area contributed by atoms with Crippen molar-refractivity contribution in [3.63, 3.8) is 0 Å². The lowest BCUT2D eigenvalue weighted by molar-refractivity contribution is 0.498. The minimum absolute atomic E-state index is 0.317. The summed E-state index contributed by atoms with van der Waals surface area (Å²) in [5.41, 5.74) is 0.481. The molecule has 0 bridgehead atoms. The monoisotopic (exact) mass is 326 g/mol. The summed E-state index contributed by atoms with van der Waals surface area (Å²) in [4.78, 5) is 0. The Bertz CT molecular complexity index is 680. The van der Waals surface area contributed by atoms with Crippen LogP contribution in [0, 0.1) is 28.8 Å². The maximum absolute atomic E-state index is 13.5. The van der Waals surface area contributed by atoms with Crippen molar-refractivity contribution < 1.29 is 13.2 Å². The first-order valence-corrected chi connectivity index (χ1v) is 5.92. The zero-order valence-electron chi connectivity index (χ0n) is 9.35. The zero-order chi connectivity index (χ0) is 14.0. The van der Waals surface area contributed by atoms with E-state index in [9.17, 15) is 13.2 Å². The van der Waals surface area contributed by atoms with Crippen LogP contribution in [0.3, 0.4) is 0 Å². The number of rotatable bonds is 2. The van der Waals surface area contributed by atoms with E-state index in [0.717, 1.165) is 6.07 Å². The van der Waals surface area contributed by atoms with Gasteiger partial charge in [-0.2, -0.15) is 5.26 Å². The van der Waals surface area contributed by atoms with Gasteiger partial charge in [0, 0.05) is 16.6 Å². The topological polar surface area (TPSA) is 35.8 Å². The van der Waals surface area contributed by atoms with E-state index in [-0.39, 0.29) is 5.69 Å². The molecule has 0 unspecified atom stereocenters. The van der Waals surface area contributed by atoms with E-state index in [1.165, 1.54) is 18.2 Å². The fourth-order valence-electron chi connectivity index (χ4n) is 1.48. The van der Waals surface area contributed by atoms with Crippen LogP contribution in [0.1, 0.15) is 5.56 Å². The zero-order valence-corrected chi connectivity index (χ0v) is 10.9. The van der Waals surface area contributed by atoms with Crippen LogP contribution in [0.5, 0.6) is 0 Å². The normalized spacial score (nSPS) is 10.1. The molecule has 96 valence electrons. The molecule has 6 heteroatoms. The molecule has 0 spiro atoms. The second-order valence-corrected chi connectivity index (χ2v) is 4.53. The van der Waals surface area contributed by atoms with Gasteiger partial charge in [-0.15, -0.1) is 0 Å². The fraction of sp³-hybridized carbons (Fsp3) is 0. The van der Waals surface area contributed by atoms with Crippen molar-refractivity contribution in [2.75, 3.05) is 5.32 Å². The summed E-state index contributed by atoms with van der Waals surface area (Å²) in [6.45, 7) is 0. The summed E-state index contributed by atoms with van der Waals surface area (Å²) in [5, 5.41) is 11.3. The Morgan fingerprint density at radius 2 is 1.79 bits per heavy atom. The number of nitrogens with zero attached hydrogens (tertiary/aromatic N) is 1. The highest BCUT2D eigenvalue weighted by atomic mass is 79.9. The molecule has 0 saturated carbocycles.